The molecule has 6 heteroatoms. The second-order valence-electron chi connectivity index (χ2n) is 4.08. The van der Waals surface area contributed by atoms with E-state index >= 15 is 0 Å². The lowest BCUT2D eigenvalue weighted by Gasteiger charge is -1.99. The van der Waals surface area contributed by atoms with Crippen LogP contribution in [0.3, 0.4) is 0 Å². The van der Waals surface area contributed by atoms with E-state index < -0.39 is 0 Å². The largest absolute Gasteiger partial charge is 0.497 e. The lowest BCUT2D eigenvalue weighted by Crippen LogP contribution is -2.03. The molecule has 0 aliphatic heterocycles. The van der Waals surface area contributed by atoms with Crippen LogP contribution in [-0.4, -0.2) is 22.2 Å². The van der Waals surface area contributed by atoms with E-state index in [0.29, 0.717) is 17.3 Å². The van der Waals surface area contributed by atoms with Crippen LogP contribution in [0.2, 0.25) is 0 Å². The van der Waals surface area contributed by atoms with Crippen LogP contribution in [0, 0.1) is 0 Å². The van der Waals surface area contributed by atoms with Crippen LogP contribution in [0.1, 0.15) is 0 Å². The van der Waals surface area contributed by atoms with Gasteiger partial charge in [-0.2, -0.15) is 4.98 Å². The smallest absolute Gasteiger partial charge is 0.274 e. The summed E-state index contributed by atoms with van der Waals surface area (Å²) in [5, 5.41) is 3.90. The summed E-state index contributed by atoms with van der Waals surface area (Å²) in [5.41, 5.74) is 1.04. The van der Waals surface area contributed by atoms with Crippen LogP contribution in [0.15, 0.2) is 51.8 Å². The van der Waals surface area contributed by atoms with Gasteiger partial charge in [0, 0.05) is 11.6 Å². The molecular weight excluding hydrogens is 258 g/mol. The second-order valence-corrected chi connectivity index (χ2v) is 4.08. The molecule has 0 amide bonds. The van der Waals surface area contributed by atoms with Gasteiger partial charge in [-0.1, -0.05) is 23.4 Å². The van der Waals surface area contributed by atoms with E-state index in [9.17, 15) is 4.79 Å². The molecule has 100 valence electrons. The minimum absolute atomic E-state index is 0.219. The van der Waals surface area contributed by atoms with Crippen molar-refractivity contribution in [3.8, 4) is 28.7 Å². The molecule has 0 unspecified atom stereocenters. The molecule has 0 aliphatic carbocycles. The first-order chi connectivity index (χ1) is 9.76. The van der Waals surface area contributed by atoms with Crippen LogP contribution < -0.4 is 10.3 Å². The number of rotatable bonds is 3. The molecule has 0 saturated heterocycles. The number of hydrogen-bond acceptors (Lipinski definition) is 5. The molecule has 0 saturated carbocycles. The molecule has 20 heavy (non-hydrogen) atoms. The molecule has 3 aromatic rings. The van der Waals surface area contributed by atoms with Crippen molar-refractivity contribution in [2.75, 3.05) is 7.11 Å². The van der Waals surface area contributed by atoms with Crippen molar-refractivity contribution in [3.05, 3.63) is 52.8 Å². The van der Waals surface area contributed by atoms with E-state index in [2.05, 4.69) is 15.1 Å². The quantitative estimate of drug-likeness (QED) is 0.787. The van der Waals surface area contributed by atoms with Crippen LogP contribution in [0.5, 0.6) is 5.75 Å². The van der Waals surface area contributed by atoms with Gasteiger partial charge in [0.15, 0.2) is 0 Å². The fourth-order valence-electron chi connectivity index (χ4n) is 1.78. The van der Waals surface area contributed by atoms with Crippen molar-refractivity contribution >= 4 is 0 Å². The second kappa shape index (κ2) is 5.00. The Morgan fingerprint density at radius 3 is 2.85 bits per heavy atom. The maximum atomic E-state index is 11.3. The molecule has 2 aromatic heterocycles. The molecular formula is C14H11N3O3. The van der Waals surface area contributed by atoms with E-state index in [4.69, 9.17) is 9.26 Å². The van der Waals surface area contributed by atoms with Gasteiger partial charge in [-0.25, -0.2) is 0 Å². The van der Waals surface area contributed by atoms with Crippen molar-refractivity contribution in [1.29, 1.82) is 0 Å². The molecule has 3 rings (SSSR count). The van der Waals surface area contributed by atoms with Gasteiger partial charge in [0.25, 0.3) is 5.89 Å². The van der Waals surface area contributed by atoms with Crippen LogP contribution >= 0.6 is 0 Å². The number of aromatic nitrogens is 3. The van der Waals surface area contributed by atoms with E-state index in [0.717, 1.165) is 5.56 Å². The van der Waals surface area contributed by atoms with Crippen molar-refractivity contribution in [3.63, 3.8) is 0 Å². The number of benzene rings is 1. The van der Waals surface area contributed by atoms with Crippen LogP contribution in [-0.2, 0) is 0 Å². The summed E-state index contributed by atoms with van der Waals surface area (Å²) in [6, 6.07) is 12.1. The fourth-order valence-corrected chi connectivity index (χ4v) is 1.78. The molecule has 0 atom stereocenters. The number of nitrogens with one attached hydrogen (secondary N) is 1. The Hall–Kier alpha value is -2.89. The van der Waals surface area contributed by atoms with Crippen molar-refractivity contribution < 1.29 is 9.26 Å². The van der Waals surface area contributed by atoms with Crippen molar-refractivity contribution in [1.82, 2.24) is 15.1 Å². The standard InChI is InChI=1S/C14H11N3O3/c1-19-10-5-2-4-9(8-10)13-16-14(20-17-13)11-6-3-7-12(18)15-11/h2-8H,1H3,(H,15,18). The Morgan fingerprint density at radius 2 is 2.05 bits per heavy atom. The van der Waals surface area contributed by atoms with Crippen molar-refractivity contribution in [2.24, 2.45) is 0 Å². The van der Waals surface area contributed by atoms with Gasteiger partial charge in [-0.3, -0.25) is 4.79 Å². The van der Waals surface area contributed by atoms with Crippen molar-refractivity contribution in [2.45, 2.75) is 0 Å². The lowest BCUT2D eigenvalue weighted by molar-refractivity contribution is 0.414. The van der Waals surface area contributed by atoms with Gasteiger partial charge in [0.1, 0.15) is 11.4 Å². The lowest BCUT2D eigenvalue weighted by atomic mass is 10.2. The monoisotopic (exact) mass is 269 g/mol. The molecule has 0 radical (unpaired) electrons. The summed E-state index contributed by atoms with van der Waals surface area (Å²) in [4.78, 5) is 18.2. The average molecular weight is 269 g/mol. The van der Waals surface area contributed by atoms with E-state index in [1.807, 2.05) is 24.3 Å². The third kappa shape index (κ3) is 2.31. The van der Waals surface area contributed by atoms with Gasteiger partial charge in [-0.05, 0) is 18.2 Å². The average Bonchev–Trinajstić information content (AvgIpc) is 2.97. The molecule has 2 heterocycles. The highest BCUT2D eigenvalue weighted by atomic mass is 16.5. The Morgan fingerprint density at radius 1 is 1.20 bits per heavy atom. The van der Waals surface area contributed by atoms with Gasteiger partial charge >= 0.3 is 0 Å². The SMILES string of the molecule is COc1cccc(-c2noc(-c3cccc(=O)[nH]3)n2)c1. The third-order valence-corrected chi connectivity index (χ3v) is 2.75. The minimum Gasteiger partial charge on any atom is -0.497 e. The predicted octanol–water partition coefficient (Wildman–Crippen LogP) is 2.10. The maximum absolute atomic E-state index is 11.3. The third-order valence-electron chi connectivity index (χ3n) is 2.75. The number of pyridine rings is 1. The molecule has 6 nitrogen and oxygen atoms in total. The Kier molecular flexibility index (Phi) is 3.04. The number of H-pyrrole nitrogens is 1. The summed E-state index contributed by atoms with van der Waals surface area (Å²) < 4.78 is 10.3. The fraction of sp³-hybridized carbons (Fsp3) is 0.0714. The minimum atomic E-state index is -0.219. The number of methoxy groups -OCH3 is 1. The van der Waals surface area contributed by atoms with Gasteiger partial charge in [0.05, 0.1) is 7.11 Å². The molecule has 0 fully saturated rings. The topological polar surface area (TPSA) is 81.0 Å². The first-order valence-electron chi connectivity index (χ1n) is 5.94. The van der Waals surface area contributed by atoms with E-state index in [1.54, 1.807) is 19.2 Å². The summed E-state index contributed by atoms with van der Waals surface area (Å²) in [7, 11) is 1.59. The Bertz CT molecular complexity index is 792. The summed E-state index contributed by atoms with van der Waals surface area (Å²) in [5.74, 6) is 1.41. The first-order valence-corrected chi connectivity index (χ1v) is 5.94. The van der Waals surface area contributed by atoms with Gasteiger partial charge < -0.3 is 14.2 Å². The van der Waals surface area contributed by atoms with Gasteiger partial charge in [-0.15, -0.1) is 0 Å². The summed E-state index contributed by atoms with van der Waals surface area (Å²) in [6.45, 7) is 0. The first kappa shape index (κ1) is 12.2. The van der Waals surface area contributed by atoms with Crippen LogP contribution in [0.4, 0.5) is 0 Å². The molecule has 1 N–H and O–H groups in total. The number of ether oxygens (including phenoxy) is 1. The number of hydrogen-bond donors (Lipinski definition) is 1. The summed E-state index contributed by atoms with van der Waals surface area (Å²) in [6.07, 6.45) is 0. The van der Waals surface area contributed by atoms with Crippen LogP contribution in [0.25, 0.3) is 23.0 Å². The summed E-state index contributed by atoms with van der Waals surface area (Å²) >= 11 is 0. The Balaban J connectivity index is 1.99. The molecule has 0 spiro atoms. The predicted molar refractivity (Wildman–Crippen MR) is 72.3 cm³/mol. The molecule has 1 aromatic carbocycles. The maximum Gasteiger partial charge on any atom is 0.274 e. The molecule has 0 bridgehead atoms. The van der Waals surface area contributed by atoms with E-state index in [1.165, 1.54) is 6.07 Å². The zero-order chi connectivity index (χ0) is 13.9. The molecule has 0 aliphatic rings. The normalized spacial score (nSPS) is 10.4. The number of aromatic amines is 1. The highest BCUT2D eigenvalue weighted by molar-refractivity contribution is 5.59. The van der Waals surface area contributed by atoms with Gasteiger partial charge in [0.2, 0.25) is 11.4 Å². The zero-order valence-electron chi connectivity index (χ0n) is 10.7. The Labute approximate surface area is 114 Å². The zero-order valence-corrected chi connectivity index (χ0v) is 10.7. The number of nitrogens with zero attached hydrogens (tertiary/aromatic N) is 2. The van der Waals surface area contributed by atoms with E-state index in [-0.39, 0.29) is 11.4 Å². The highest BCUT2D eigenvalue weighted by Gasteiger charge is 2.11. The highest BCUT2D eigenvalue weighted by Crippen LogP contribution is 2.23.